The van der Waals surface area contributed by atoms with Gasteiger partial charge >= 0.3 is 6.03 Å². The highest BCUT2D eigenvalue weighted by atomic mass is 35.5. The number of halogens is 1. The van der Waals surface area contributed by atoms with E-state index in [0.717, 1.165) is 41.2 Å². The van der Waals surface area contributed by atoms with Crippen LogP contribution in [0.25, 0.3) is 0 Å². The molecule has 0 radical (unpaired) electrons. The number of carbonyl (C=O) groups excluding carboxylic acids is 1. The molecule has 0 bridgehead atoms. The lowest BCUT2D eigenvalue weighted by Gasteiger charge is -2.36. The van der Waals surface area contributed by atoms with E-state index >= 15 is 0 Å². The van der Waals surface area contributed by atoms with E-state index in [9.17, 15) is 4.79 Å². The summed E-state index contributed by atoms with van der Waals surface area (Å²) >= 11 is 6.57. The van der Waals surface area contributed by atoms with Gasteiger partial charge in [0.25, 0.3) is 0 Å². The lowest BCUT2D eigenvalue weighted by molar-refractivity contribution is 0.216. The lowest BCUT2D eigenvalue weighted by atomic mass is 9.88. The van der Waals surface area contributed by atoms with E-state index in [-0.39, 0.29) is 6.03 Å². The molecule has 1 fully saturated rings. The van der Waals surface area contributed by atoms with Crippen molar-refractivity contribution in [2.75, 3.05) is 37.5 Å². The first-order valence-corrected chi connectivity index (χ1v) is 14.3. The first kappa shape index (κ1) is 27.2. The summed E-state index contributed by atoms with van der Waals surface area (Å²) in [6, 6.07) is 9.82. The minimum atomic E-state index is -0.277. The number of fused-ring (bicyclic) bond motifs is 1. The molecule has 6 rings (SSSR count). The molecule has 10 heteroatoms. The Labute approximate surface area is 245 Å². The second kappa shape index (κ2) is 11.1. The average Bonchev–Trinajstić information content (AvgIpc) is 3.31. The zero-order chi connectivity index (χ0) is 28.7. The molecular weight excluding hydrogens is 538 g/mol. The van der Waals surface area contributed by atoms with Gasteiger partial charge in [-0.3, -0.25) is 4.90 Å². The summed E-state index contributed by atoms with van der Waals surface area (Å²) in [5.74, 6) is 2.51. The third kappa shape index (κ3) is 5.27. The smallest absolute Gasteiger partial charge is 0.336 e. The molecule has 212 valence electrons. The molecule has 4 heterocycles. The number of hydrogen-bond acceptors (Lipinski definition) is 7. The topological polar surface area (TPSA) is 86.7 Å². The molecule has 3 aromatic rings. The van der Waals surface area contributed by atoms with Gasteiger partial charge in [0.1, 0.15) is 11.6 Å². The van der Waals surface area contributed by atoms with E-state index in [4.69, 9.17) is 21.3 Å². The van der Waals surface area contributed by atoms with E-state index < -0.39 is 0 Å². The summed E-state index contributed by atoms with van der Waals surface area (Å²) in [5.41, 5.74) is 5.92. The van der Waals surface area contributed by atoms with Crippen molar-refractivity contribution >= 4 is 40.9 Å². The van der Waals surface area contributed by atoms with Crippen LogP contribution in [0.15, 0.2) is 65.1 Å². The van der Waals surface area contributed by atoms with Crippen LogP contribution in [0.5, 0.6) is 5.75 Å². The van der Waals surface area contributed by atoms with E-state index in [2.05, 4.69) is 52.4 Å². The number of anilines is 4. The molecule has 9 nitrogen and oxygen atoms in total. The summed E-state index contributed by atoms with van der Waals surface area (Å²) in [7, 11) is 3.76. The fourth-order valence-electron chi connectivity index (χ4n) is 5.77. The largest absolute Gasteiger partial charge is 0.495 e. The third-order valence-electron chi connectivity index (χ3n) is 8.16. The van der Waals surface area contributed by atoms with E-state index in [1.54, 1.807) is 36.5 Å². The number of hydrogen-bond donors (Lipinski definition) is 1. The van der Waals surface area contributed by atoms with Crippen molar-refractivity contribution in [3.63, 3.8) is 0 Å². The van der Waals surface area contributed by atoms with Crippen LogP contribution in [0.2, 0.25) is 0 Å². The van der Waals surface area contributed by atoms with Gasteiger partial charge in [-0.25, -0.2) is 19.7 Å². The van der Waals surface area contributed by atoms with Gasteiger partial charge in [-0.15, -0.1) is 0 Å². The van der Waals surface area contributed by atoms with E-state index in [1.807, 2.05) is 13.0 Å². The SMILES string of the molecule is COc1ccc(N2C(=O)N(C3=C(Cl)CC=C3C)Cc3cnc(Nc4ccc(C5CCN(C)CC5)cc4C)nc32)nc1. The van der Waals surface area contributed by atoms with Gasteiger partial charge < -0.3 is 15.0 Å². The molecule has 41 heavy (non-hydrogen) atoms. The summed E-state index contributed by atoms with van der Waals surface area (Å²) in [6.45, 7) is 6.63. The minimum Gasteiger partial charge on any atom is -0.495 e. The molecular formula is C31H34ClN7O2. The van der Waals surface area contributed by atoms with Crippen molar-refractivity contribution in [3.8, 4) is 5.75 Å². The predicted molar refractivity (Wildman–Crippen MR) is 161 cm³/mol. The Kier molecular flexibility index (Phi) is 7.40. The molecule has 2 amide bonds. The number of methoxy groups -OCH3 is 1. The third-order valence-corrected chi connectivity index (χ3v) is 8.50. The van der Waals surface area contributed by atoms with Crippen molar-refractivity contribution in [2.24, 2.45) is 0 Å². The van der Waals surface area contributed by atoms with Gasteiger partial charge in [0.2, 0.25) is 5.95 Å². The monoisotopic (exact) mass is 571 g/mol. The van der Waals surface area contributed by atoms with Gasteiger partial charge in [-0.1, -0.05) is 29.8 Å². The van der Waals surface area contributed by atoms with Crippen molar-refractivity contribution in [2.45, 2.75) is 45.6 Å². The Morgan fingerprint density at radius 1 is 1.07 bits per heavy atom. The first-order chi connectivity index (χ1) is 19.8. The van der Waals surface area contributed by atoms with Crippen molar-refractivity contribution in [1.29, 1.82) is 0 Å². The van der Waals surface area contributed by atoms with Gasteiger partial charge in [0, 0.05) is 28.9 Å². The number of nitrogens with zero attached hydrogens (tertiary/aromatic N) is 6. The number of amides is 2. The molecule has 0 spiro atoms. The number of pyridine rings is 1. The molecule has 0 saturated carbocycles. The standard InChI is InChI=1S/C31H34ClN7O2/c1-19-5-8-25(32)28(19)38-18-23-16-34-30(36-29(23)39(31(38)40)27-10-7-24(41-4)17-33-27)35-26-9-6-22(15-20(26)2)21-11-13-37(3)14-12-21/h5-7,9-10,15-17,21H,8,11-14,18H2,1-4H3,(H,34,35,36). The van der Waals surface area contributed by atoms with Crippen molar-refractivity contribution < 1.29 is 9.53 Å². The van der Waals surface area contributed by atoms with Crippen LogP contribution in [0.1, 0.15) is 48.8 Å². The van der Waals surface area contributed by atoms with Crippen LogP contribution >= 0.6 is 11.6 Å². The van der Waals surface area contributed by atoms with Crippen molar-refractivity contribution in [3.05, 3.63) is 81.8 Å². The number of rotatable bonds is 6. The number of piperidine rings is 1. The maximum Gasteiger partial charge on any atom is 0.336 e. The zero-order valence-electron chi connectivity index (χ0n) is 23.8. The summed E-state index contributed by atoms with van der Waals surface area (Å²) in [6.07, 6.45) is 8.34. The molecule has 0 unspecified atom stereocenters. The summed E-state index contributed by atoms with van der Waals surface area (Å²) in [4.78, 5) is 33.6. The Morgan fingerprint density at radius 3 is 2.54 bits per heavy atom. The van der Waals surface area contributed by atoms with Crippen LogP contribution in [-0.4, -0.2) is 58.0 Å². The zero-order valence-corrected chi connectivity index (χ0v) is 24.6. The van der Waals surface area contributed by atoms with Gasteiger partial charge in [0.15, 0.2) is 5.82 Å². The molecule has 2 aromatic heterocycles. The van der Waals surface area contributed by atoms with Gasteiger partial charge in [0.05, 0.1) is 25.5 Å². The van der Waals surface area contributed by atoms with Crippen LogP contribution in [0.3, 0.4) is 0 Å². The molecule has 1 aromatic carbocycles. The maximum atomic E-state index is 14.0. The second-order valence-corrected chi connectivity index (χ2v) is 11.4. The number of allylic oxidation sites excluding steroid dienone is 3. The number of aromatic nitrogens is 3. The number of nitrogens with one attached hydrogen (secondary N) is 1. The molecule has 3 aliphatic rings. The van der Waals surface area contributed by atoms with Crippen LogP contribution in [0.4, 0.5) is 28.1 Å². The molecule has 1 aliphatic carbocycles. The second-order valence-electron chi connectivity index (χ2n) is 10.9. The highest BCUT2D eigenvalue weighted by Crippen LogP contribution is 2.40. The van der Waals surface area contributed by atoms with Crippen LogP contribution < -0.4 is 15.0 Å². The van der Waals surface area contributed by atoms with E-state index in [1.165, 1.54) is 23.3 Å². The number of benzene rings is 1. The molecule has 1 saturated heterocycles. The molecule has 0 atom stereocenters. The fourth-order valence-corrected chi connectivity index (χ4v) is 6.10. The first-order valence-electron chi connectivity index (χ1n) is 13.9. The Bertz CT molecular complexity index is 1540. The number of likely N-dealkylation sites (tertiary alicyclic amines) is 1. The fraction of sp³-hybridized carbons (Fsp3) is 0.355. The average molecular weight is 572 g/mol. The highest BCUT2D eigenvalue weighted by molar-refractivity contribution is 6.30. The van der Waals surface area contributed by atoms with Gasteiger partial charge in [-0.2, -0.15) is 4.98 Å². The Morgan fingerprint density at radius 2 is 1.88 bits per heavy atom. The van der Waals surface area contributed by atoms with E-state index in [0.29, 0.717) is 47.2 Å². The van der Waals surface area contributed by atoms with Gasteiger partial charge in [-0.05, 0) is 87.6 Å². The van der Waals surface area contributed by atoms with Crippen LogP contribution in [0, 0.1) is 6.92 Å². The highest BCUT2D eigenvalue weighted by Gasteiger charge is 2.38. The van der Waals surface area contributed by atoms with Crippen molar-refractivity contribution in [1.82, 2.24) is 24.8 Å². The Balaban J connectivity index is 1.33. The summed E-state index contributed by atoms with van der Waals surface area (Å²) in [5, 5.41) is 4.02. The number of aryl methyl sites for hydroxylation is 1. The number of ether oxygens (including phenoxy) is 1. The number of urea groups is 1. The quantitative estimate of drug-likeness (QED) is 0.356. The Hall–Kier alpha value is -3.95. The predicted octanol–water partition coefficient (Wildman–Crippen LogP) is 6.62. The normalized spacial score (nSPS) is 18.1. The molecule has 2 aliphatic heterocycles. The lowest BCUT2D eigenvalue weighted by Crippen LogP contribution is -2.45. The maximum absolute atomic E-state index is 14.0. The minimum absolute atomic E-state index is 0.277. The number of carbonyl (C=O) groups is 1. The van der Waals surface area contributed by atoms with Crippen LogP contribution in [-0.2, 0) is 6.54 Å². The molecule has 1 N–H and O–H groups in total. The summed E-state index contributed by atoms with van der Waals surface area (Å²) < 4.78 is 5.29.